The monoisotopic (exact) mass is 657 g/mol. The van der Waals surface area contributed by atoms with Crippen molar-refractivity contribution < 1.29 is 37.7 Å². The van der Waals surface area contributed by atoms with E-state index in [0.29, 0.717) is 48.7 Å². The van der Waals surface area contributed by atoms with Gasteiger partial charge in [0.25, 0.3) is 5.91 Å². The zero-order chi connectivity index (χ0) is 33.2. The third-order valence-electron chi connectivity index (χ3n) is 11.7. The van der Waals surface area contributed by atoms with E-state index in [1.54, 1.807) is 50.0 Å². The van der Waals surface area contributed by atoms with Gasteiger partial charge in [0.1, 0.15) is 18.3 Å². The number of thioether (sulfide) groups is 1. The average Bonchev–Trinajstić information content (AvgIpc) is 3.52. The van der Waals surface area contributed by atoms with Crippen LogP contribution in [0.15, 0.2) is 36.0 Å². The van der Waals surface area contributed by atoms with E-state index in [2.05, 4.69) is 10.4 Å². The number of aromatic nitrogens is 2. The summed E-state index contributed by atoms with van der Waals surface area (Å²) in [6, 6.07) is 6.14. The van der Waals surface area contributed by atoms with Crippen LogP contribution in [0.5, 0.6) is 0 Å². The smallest absolute Gasteiger partial charge is 0.333 e. The number of aliphatic hydroxyl groups is 1. The lowest BCUT2D eigenvalue weighted by atomic mass is 9.44. The van der Waals surface area contributed by atoms with Gasteiger partial charge in [-0.15, -0.1) is 0 Å². The van der Waals surface area contributed by atoms with Gasteiger partial charge in [0.15, 0.2) is 5.60 Å². The molecule has 1 aromatic carbocycles. The lowest BCUT2D eigenvalue weighted by Crippen LogP contribution is -2.70. The molecule has 6 rings (SSSR count). The normalized spacial score (nSPS) is 36.0. The Labute approximate surface area is 271 Å². The number of carbonyl (C=O) groups excluding carboxylic acids is 3. The lowest BCUT2D eigenvalue weighted by molar-refractivity contribution is -0.231. The molecule has 0 saturated heterocycles. The van der Waals surface area contributed by atoms with Gasteiger partial charge in [0.2, 0.25) is 5.12 Å². The van der Waals surface area contributed by atoms with Crippen molar-refractivity contribution in [2.45, 2.75) is 70.2 Å². The van der Waals surface area contributed by atoms with Gasteiger partial charge in [0.05, 0.1) is 23.7 Å². The number of nitrogens with one attached hydrogen (secondary N) is 1. The number of carbonyl (C=O) groups is 3. The SMILES string of the molecule is CNC(=O)c1cccc(-n2ncc3c2C=C2CC[C@H]4[C@@H]5C[C@@H](C)[C@](OC(=O)COC)(C(=O)SCF)[C@@]5(C)C[C@H](O)[C@]4(F)[C@@]2(C)C3)c1. The highest BCUT2D eigenvalue weighted by atomic mass is 32.2. The second kappa shape index (κ2) is 11.6. The lowest BCUT2D eigenvalue weighted by Gasteiger charge is -2.63. The fraction of sp³-hybridized carbons (Fsp3) is 0.588. The summed E-state index contributed by atoms with van der Waals surface area (Å²) in [5, 5.41) is 18.6. The summed E-state index contributed by atoms with van der Waals surface area (Å²) < 4.78 is 44.5. The molecule has 0 unspecified atom stereocenters. The number of hydrogen-bond donors (Lipinski definition) is 2. The molecule has 46 heavy (non-hydrogen) atoms. The molecule has 12 heteroatoms. The third-order valence-corrected chi connectivity index (χ3v) is 12.4. The number of esters is 1. The maximum Gasteiger partial charge on any atom is 0.333 e. The molecular formula is C34H41F2N3O6S. The summed E-state index contributed by atoms with van der Waals surface area (Å²) in [5.74, 6) is -2.55. The Hall–Kier alpha value is -3.09. The first-order valence-corrected chi connectivity index (χ1v) is 16.7. The van der Waals surface area contributed by atoms with Gasteiger partial charge < -0.3 is 19.9 Å². The molecule has 4 aliphatic carbocycles. The van der Waals surface area contributed by atoms with Crippen LogP contribution in [-0.2, 0) is 25.5 Å². The minimum Gasteiger partial charge on any atom is -0.447 e. The average molecular weight is 658 g/mol. The van der Waals surface area contributed by atoms with Crippen LogP contribution in [0.3, 0.4) is 0 Å². The van der Waals surface area contributed by atoms with Crippen LogP contribution in [-0.4, -0.2) is 76.0 Å². The molecular weight excluding hydrogens is 616 g/mol. The minimum absolute atomic E-state index is 0.130. The highest BCUT2D eigenvalue weighted by Crippen LogP contribution is 2.72. The summed E-state index contributed by atoms with van der Waals surface area (Å²) >= 11 is 0.449. The van der Waals surface area contributed by atoms with Crippen LogP contribution in [0, 0.1) is 28.6 Å². The highest BCUT2D eigenvalue weighted by molar-refractivity contribution is 8.13. The maximum absolute atomic E-state index is 18.2. The topological polar surface area (TPSA) is 120 Å². The van der Waals surface area contributed by atoms with E-state index in [1.165, 1.54) is 7.11 Å². The van der Waals surface area contributed by atoms with E-state index in [4.69, 9.17) is 9.47 Å². The number of halogens is 2. The molecule has 3 fully saturated rings. The van der Waals surface area contributed by atoms with Gasteiger partial charge in [-0.05, 0) is 79.6 Å². The minimum atomic E-state index is -2.05. The Balaban J connectivity index is 1.39. The van der Waals surface area contributed by atoms with Crippen molar-refractivity contribution in [2.24, 2.45) is 28.6 Å². The molecule has 1 amide bonds. The Kier molecular flexibility index (Phi) is 8.25. The van der Waals surface area contributed by atoms with Crippen LogP contribution in [0.25, 0.3) is 11.8 Å². The fourth-order valence-electron chi connectivity index (χ4n) is 9.68. The number of hydrogen-bond acceptors (Lipinski definition) is 8. The Morgan fingerprint density at radius 3 is 2.70 bits per heavy atom. The van der Waals surface area contributed by atoms with E-state index in [-0.39, 0.29) is 18.9 Å². The van der Waals surface area contributed by atoms with Gasteiger partial charge in [-0.3, -0.25) is 9.59 Å². The molecule has 2 N–H and O–H groups in total. The van der Waals surface area contributed by atoms with E-state index in [9.17, 15) is 23.9 Å². The molecule has 8 atom stereocenters. The summed E-state index contributed by atoms with van der Waals surface area (Å²) in [6.07, 6.45) is 3.76. The number of methoxy groups -OCH3 is 1. The summed E-state index contributed by atoms with van der Waals surface area (Å²) in [6.45, 7) is 5.07. The van der Waals surface area contributed by atoms with Crippen molar-refractivity contribution in [1.82, 2.24) is 15.1 Å². The number of allylic oxidation sites excluding steroid dienone is 1. The molecule has 9 nitrogen and oxygen atoms in total. The second-order valence-electron chi connectivity index (χ2n) is 13.8. The van der Waals surface area contributed by atoms with Crippen LogP contribution in [0.1, 0.15) is 68.1 Å². The van der Waals surface area contributed by atoms with Crippen molar-refractivity contribution in [3.05, 3.63) is 52.9 Å². The Bertz CT molecular complexity index is 1610. The van der Waals surface area contributed by atoms with Crippen LogP contribution >= 0.6 is 11.8 Å². The molecule has 0 spiro atoms. The van der Waals surface area contributed by atoms with Gasteiger partial charge in [0, 0.05) is 42.4 Å². The van der Waals surface area contributed by atoms with Crippen molar-refractivity contribution in [2.75, 3.05) is 26.8 Å². The number of fused-ring (bicyclic) bond motifs is 6. The second-order valence-corrected chi connectivity index (χ2v) is 14.6. The number of alkyl halides is 2. The van der Waals surface area contributed by atoms with Crippen molar-refractivity contribution in [3.8, 4) is 5.69 Å². The summed E-state index contributed by atoms with van der Waals surface area (Å²) in [4.78, 5) is 38.9. The maximum atomic E-state index is 18.2. The fourth-order valence-corrected chi connectivity index (χ4v) is 10.5. The first kappa shape index (κ1) is 32.8. The molecule has 0 radical (unpaired) electrons. The van der Waals surface area contributed by atoms with Crippen molar-refractivity contribution in [3.63, 3.8) is 0 Å². The van der Waals surface area contributed by atoms with Crippen molar-refractivity contribution in [1.29, 1.82) is 0 Å². The van der Waals surface area contributed by atoms with Crippen LogP contribution < -0.4 is 5.32 Å². The first-order chi connectivity index (χ1) is 21.8. The van der Waals surface area contributed by atoms with E-state index in [0.717, 1.165) is 16.8 Å². The molecule has 0 aliphatic heterocycles. The molecule has 4 aliphatic rings. The van der Waals surface area contributed by atoms with Gasteiger partial charge in [-0.1, -0.05) is 32.4 Å². The Morgan fingerprint density at radius 2 is 2.00 bits per heavy atom. The van der Waals surface area contributed by atoms with Gasteiger partial charge in [-0.25, -0.2) is 18.3 Å². The molecule has 1 aromatic heterocycles. The highest BCUT2D eigenvalue weighted by Gasteiger charge is 2.77. The molecule has 2 aromatic rings. The van der Waals surface area contributed by atoms with Crippen molar-refractivity contribution >= 4 is 34.8 Å². The van der Waals surface area contributed by atoms with E-state index in [1.807, 2.05) is 19.1 Å². The van der Waals surface area contributed by atoms with Gasteiger partial charge in [-0.2, -0.15) is 5.10 Å². The number of benzene rings is 1. The largest absolute Gasteiger partial charge is 0.447 e. The van der Waals surface area contributed by atoms with Crippen LogP contribution in [0.2, 0.25) is 0 Å². The van der Waals surface area contributed by atoms with Crippen LogP contribution in [0.4, 0.5) is 8.78 Å². The first-order valence-electron chi connectivity index (χ1n) is 15.7. The number of aliphatic hydroxyl groups excluding tert-OH is 1. The van der Waals surface area contributed by atoms with E-state index < -0.39 is 63.0 Å². The van der Waals surface area contributed by atoms with Gasteiger partial charge >= 0.3 is 5.97 Å². The quantitative estimate of drug-likeness (QED) is 0.407. The number of nitrogens with zero attached hydrogens (tertiary/aromatic N) is 2. The number of ether oxygens (including phenoxy) is 2. The third kappa shape index (κ3) is 4.38. The molecule has 248 valence electrons. The zero-order valence-electron chi connectivity index (χ0n) is 26.8. The molecule has 3 saturated carbocycles. The predicted octanol–water partition coefficient (Wildman–Crippen LogP) is 4.84. The standard InChI is InChI=1S/C34H41F2N3O6S/c1-19-11-25-24-10-9-22-13-26-21(16-38-39(26)23-8-6-7-20(12-23)29(42)37-4)14-31(22,2)33(24,36)27(40)15-32(25,3)34(19,30(43)46-18-35)45-28(41)17-44-5/h6-8,12-13,16,19,24-25,27,40H,9-11,14-15,17-18H2,1-5H3,(H,37,42)/t19-,24+,25+,27+,31+,32+,33+,34+/m1/s1. The van der Waals surface area contributed by atoms with E-state index >= 15 is 4.39 Å². The molecule has 0 bridgehead atoms. The molecule has 1 heterocycles. The predicted molar refractivity (Wildman–Crippen MR) is 169 cm³/mol. The summed E-state index contributed by atoms with van der Waals surface area (Å²) in [5.41, 5.74) is -2.29. The number of amides is 1. The number of rotatable bonds is 7. The summed E-state index contributed by atoms with van der Waals surface area (Å²) in [7, 11) is 2.91. The Morgan fingerprint density at radius 1 is 1.24 bits per heavy atom. The zero-order valence-corrected chi connectivity index (χ0v) is 27.6.